The fraction of sp³-hybridized carbons (Fsp3) is 0.619. The van der Waals surface area contributed by atoms with Gasteiger partial charge in [0, 0.05) is 25.3 Å². The first-order chi connectivity index (χ1) is 13.6. The smallest absolute Gasteiger partial charge is 0.308 e. The molecule has 0 amide bonds. The SMILES string of the molecule is CCNC(=NCc1ccc(F)c(COC)c1)NC1CCC(C(=O)OCC)CC1. The Kier molecular flexibility index (Phi) is 9.20. The molecule has 0 atom stereocenters. The molecule has 1 saturated carbocycles. The number of esters is 1. The summed E-state index contributed by atoms with van der Waals surface area (Å²) >= 11 is 0. The predicted molar refractivity (Wildman–Crippen MR) is 107 cm³/mol. The maximum atomic E-state index is 13.7. The number of methoxy groups -OCH3 is 1. The number of rotatable bonds is 8. The highest BCUT2D eigenvalue weighted by Gasteiger charge is 2.27. The van der Waals surface area contributed by atoms with Crippen molar-refractivity contribution in [1.29, 1.82) is 0 Å². The predicted octanol–water partition coefficient (Wildman–Crippen LogP) is 3.15. The summed E-state index contributed by atoms with van der Waals surface area (Å²) in [4.78, 5) is 16.5. The molecule has 1 aliphatic rings. The van der Waals surface area contributed by atoms with Crippen molar-refractivity contribution >= 4 is 11.9 Å². The van der Waals surface area contributed by atoms with Gasteiger partial charge < -0.3 is 20.1 Å². The molecule has 2 rings (SSSR count). The van der Waals surface area contributed by atoms with Crippen LogP contribution in [0.2, 0.25) is 0 Å². The van der Waals surface area contributed by atoms with Gasteiger partial charge in [-0.15, -0.1) is 0 Å². The molecule has 0 spiro atoms. The van der Waals surface area contributed by atoms with Gasteiger partial charge in [-0.2, -0.15) is 0 Å². The van der Waals surface area contributed by atoms with E-state index in [0.29, 0.717) is 18.7 Å². The zero-order valence-electron chi connectivity index (χ0n) is 17.1. The van der Waals surface area contributed by atoms with Crippen LogP contribution in [0.15, 0.2) is 23.2 Å². The lowest BCUT2D eigenvalue weighted by Gasteiger charge is -2.29. The normalized spacial score (nSPS) is 19.9. The minimum atomic E-state index is -0.266. The number of ether oxygens (including phenoxy) is 2. The lowest BCUT2D eigenvalue weighted by Crippen LogP contribution is -2.45. The van der Waals surface area contributed by atoms with Crippen LogP contribution in [0.25, 0.3) is 0 Å². The van der Waals surface area contributed by atoms with E-state index in [4.69, 9.17) is 9.47 Å². The van der Waals surface area contributed by atoms with Gasteiger partial charge in [-0.05, 0) is 57.2 Å². The average Bonchev–Trinajstić information content (AvgIpc) is 2.69. The van der Waals surface area contributed by atoms with E-state index in [9.17, 15) is 9.18 Å². The number of carbonyl (C=O) groups is 1. The first-order valence-corrected chi connectivity index (χ1v) is 10.0. The average molecular weight is 394 g/mol. The molecule has 156 valence electrons. The van der Waals surface area contributed by atoms with Crippen LogP contribution in [0.5, 0.6) is 0 Å². The number of nitrogens with one attached hydrogen (secondary N) is 2. The Balaban J connectivity index is 1.92. The van der Waals surface area contributed by atoms with Crippen molar-refractivity contribution in [3.8, 4) is 0 Å². The van der Waals surface area contributed by atoms with Crippen molar-refractivity contribution in [1.82, 2.24) is 10.6 Å². The van der Waals surface area contributed by atoms with Crippen LogP contribution in [0, 0.1) is 11.7 Å². The van der Waals surface area contributed by atoms with E-state index < -0.39 is 0 Å². The van der Waals surface area contributed by atoms with Gasteiger partial charge in [0.15, 0.2) is 5.96 Å². The number of benzene rings is 1. The fourth-order valence-corrected chi connectivity index (χ4v) is 3.41. The van der Waals surface area contributed by atoms with Crippen LogP contribution in [0.3, 0.4) is 0 Å². The molecule has 28 heavy (non-hydrogen) atoms. The molecule has 0 heterocycles. The molecular formula is C21H32FN3O3. The van der Waals surface area contributed by atoms with Crippen molar-refractivity contribution in [3.63, 3.8) is 0 Å². The van der Waals surface area contributed by atoms with Crippen molar-refractivity contribution in [3.05, 3.63) is 35.1 Å². The van der Waals surface area contributed by atoms with Crippen molar-refractivity contribution in [2.45, 2.75) is 58.7 Å². The number of aliphatic imine (C=N–C) groups is 1. The Bertz CT molecular complexity index is 658. The van der Waals surface area contributed by atoms with E-state index in [1.165, 1.54) is 6.07 Å². The zero-order chi connectivity index (χ0) is 20.4. The molecule has 1 aromatic rings. The first-order valence-electron chi connectivity index (χ1n) is 10.0. The van der Waals surface area contributed by atoms with Gasteiger partial charge in [0.2, 0.25) is 0 Å². The van der Waals surface area contributed by atoms with Crippen molar-refractivity contribution in [2.75, 3.05) is 20.3 Å². The lowest BCUT2D eigenvalue weighted by atomic mass is 9.86. The van der Waals surface area contributed by atoms with Crippen LogP contribution in [-0.2, 0) is 27.4 Å². The molecule has 0 aliphatic heterocycles. The fourth-order valence-electron chi connectivity index (χ4n) is 3.41. The molecular weight excluding hydrogens is 361 g/mol. The highest BCUT2D eigenvalue weighted by Crippen LogP contribution is 2.25. The Hall–Kier alpha value is -2.15. The molecule has 0 unspecified atom stereocenters. The van der Waals surface area contributed by atoms with E-state index >= 15 is 0 Å². The molecule has 7 heteroatoms. The summed E-state index contributed by atoms with van der Waals surface area (Å²) in [5.41, 5.74) is 1.46. The second-order valence-electron chi connectivity index (χ2n) is 7.00. The van der Waals surface area contributed by atoms with Crippen molar-refractivity contribution in [2.24, 2.45) is 10.9 Å². The third-order valence-corrected chi connectivity index (χ3v) is 4.86. The summed E-state index contributed by atoms with van der Waals surface area (Å²) in [6.45, 7) is 5.73. The van der Waals surface area contributed by atoms with Gasteiger partial charge in [-0.3, -0.25) is 4.79 Å². The summed E-state index contributed by atoms with van der Waals surface area (Å²) in [6, 6.07) is 5.26. The summed E-state index contributed by atoms with van der Waals surface area (Å²) in [5, 5.41) is 6.71. The highest BCUT2D eigenvalue weighted by molar-refractivity contribution is 5.80. The summed E-state index contributed by atoms with van der Waals surface area (Å²) < 4.78 is 23.9. The highest BCUT2D eigenvalue weighted by atomic mass is 19.1. The van der Waals surface area contributed by atoms with Gasteiger partial charge in [-0.25, -0.2) is 9.38 Å². The van der Waals surface area contributed by atoms with Gasteiger partial charge in [0.1, 0.15) is 5.82 Å². The Morgan fingerprint density at radius 2 is 2.00 bits per heavy atom. The van der Waals surface area contributed by atoms with E-state index in [-0.39, 0.29) is 30.4 Å². The van der Waals surface area contributed by atoms with E-state index in [0.717, 1.165) is 43.8 Å². The minimum Gasteiger partial charge on any atom is -0.466 e. The minimum absolute atomic E-state index is 0.0101. The van der Waals surface area contributed by atoms with Crippen LogP contribution in [0.4, 0.5) is 4.39 Å². The summed E-state index contributed by atoms with van der Waals surface area (Å²) in [7, 11) is 1.55. The first kappa shape index (κ1) is 22.1. The number of nitrogens with zero attached hydrogens (tertiary/aromatic N) is 1. The number of halogens is 1. The van der Waals surface area contributed by atoms with Gasteiger partial charge >= 0.3 is 5.97 Å². The molecule has 0 saturated heterocycles. The van der Waals surface area contributed by atoms with Crippen LogP contribution < -0.4 is 10.6 Å². The van der Waals surface area contributed by atoms with Crippen LogP contribution >= 0.6 is 0 Å². The number of guanidine groups is 1. The molecule has 2 N–H and O–H groups in total. The van der Waals surface area contributed by atoms with Gasteiger partial charge in [-0.1, -0.05) is 6.07 Å². The summed E-state index contributed by atoms with van der Waals surface area (Å²) in [5.74, 6) is 0.401. The third-order valence-electron chi connectivity index (χ3n) is 4.86. The standard InChI is InChI=1S/C21H32FN3O3/c1-4-23-21(24-13-15-6-11-19(22)17(12-15)14-27-3)25-18-9-7-16(8-10-18)20(26)28-5-2/h6,11-12,16,18H,4-5,7-10,13-14H2,1-3H3,(H2,23,24,25). The van der Waals surface area contributed by atoms with Crippen LogP contribution in [0.1, 0.15) is 50.7 Å². The second kappa shape index (κ2) is 11.6. The van der Waals surface area contributed by atoms with Crippen molar-refractivity contribution < 1.29 is 18.7 Å². The van der Waals surface area contributed by atoms with Gasteiger partial charge in [0.05, 0.1) is 25.7 Å². The monoisotopic (exact) mass is 393 g/mol. The zero-order valence-corrected chi connectivity index (χ0v) is 17.1. The summed E-state index contributed by atoms with van der Waals surface area (Å²) in [6.07, 6.45) is 3.47. The topological polar surface area (TPSA) is 72.0 Å². The van der Waals surface area contributed by atoms with Crippen LogP contribution in [-0.4, -0.2) is 38.2 Å². The van der Waals surface area contributed by atoms with E-state index in [2.05, 4.69) is 15.6 Å². The molecule has 0 radical (unpaired) electrons. The van der Waals surface area contributed by atoms with E-state index in [1.807, 2.05) is 13.8 Å². The maximum Gasteiger partial charge on any atom is 0.308 e. The second-order valence-corrected chi connectivity index (χ2v) is 7.00. The van der Waals surface area contributed by atoms with E-state index in [1.54, 1.807) is 19.2 Å². The quantitative estimate of drug-likeness (QED) is 0.403. The molecule has 6 nitrogen and oxygen atoms in total. The number of carbonyl (C=O) groups excluding carboxylic acids is 1. The molecule has 0 aromatic heterocycles. The number of hydrogen-bond acceptors (Lipinski definition) is 4. The Labute approximate surface area is 166 Å². The largest absolute Gasteiger partial charge is 0.466 e. The number of hydrogen-bond donors (Lipinski definition) is 2. The molecule has 1 aliphatic carbocycles. The molecule has 1 fully saturated rings. The Morgan fingerprint density at radius 1 is 1.25 bits per heavy atom. The lowest BCUT2D eigenvalue weighted by molar-refractivity contribution is -0.149. The maximum absolute atomic E-state index is 13.7. The third kappa shape index (κ3) is 6.78. The van der Waals surface area contributed by atoms with Gasteiger partial charge in [0.25, 0.3) is 0 Å². The molecule has 1 aromatic carbocycles. The molecule has 0 bridgehead atoms. The Morgan fingerprint density at radius 3 is 2.64 bits per heavy atom.